The average molecular weight is 477 g/mol. The molecule has 1 aliphatic rings. The molecule has 0 aliphatic heterocycles. The van der Waals surface area contributed by atoms with Gasteiger partial charge in [0.1, 0.15) is 0 Å². The first-order chi connectivity index (χ1) is 11.7. The third kappa shape index (κ3) is 9.03. The van der Waals surface area contributed by atoms with Crippen LogP contribution in [0.2, 0.25) is 0 Å². The molecule has 1 aromatic rings. The second-order valence-electron chi connectivity index (χ2n) is 6.65. The van der Waals surface area contributed by atoms with E-state index in [1.54, 1.807) is 0 Å². The van der Waals surface area contributed by atoms with E-state index < -0.39 is 10.8 Å². The van der Waals surface area contributed by atoms with E-state index in [0.29, 0.717) is 24.1 Å². The van der Waals surface area contributed by atoms with Gasteiger partial charge in [-0.3, -0.25) is 9.20 Å². The predicted octanol–water partition coefficient (Wildman–Crippen LogP) is 3.69. The van der Waals surface area contributed by atoms with Crippen LogP contribution in [0.5, 0.6) is 0 Å². The molecule has 1 aliphatic carbocycles. The summed E-state index contributed by atoms with van der Waals surface area (Å²) in [5.74, 6) is 2.87. The van der Waals surface area contributed by atoms with Crippen LogP contribution in [0.25, 0.3) is 0 Å². The number of halogens is 1. The summed E-state index contributed by atoms with van der Waals surface area (Å²) in [5.41, 5.74) is 1.13. The van der Waals surface area contributed by atoms with Crippen molar-refractivity contribution in [1.29, 1.82) is 0 Å². The highest BCUT2D eigenvalue weighted by atomic mass is 127. The van der Waals surface area contributed by atoms with Crippen molar-refractivity contribution in [2.75, 3.05) is 18.8 Å². The van der Waals surface area contributed by atoms with Gasteiger partial charge in [-0.2, -0.15) is 0 Å². The fourth-order valence-electron chi connectivity index (χ4n) is 3.17. The molecule has 0 radical (unpaired) electrons. The standard InChI is InChI=1S/C19H31N3OS.HI/c1-3-20-19(22-18-11-7-8-16(2)14-18)21-12-13-24(23)15-17-9-5-4-6-10-17;/h4-6,9-10,16,18H,3,7-8,11-15H2,1-2H3,(H2,20,21,22);1H. The Hall–Kier alpha value is -0.630. The smallest absolute Gasteiger partial charge is 0.191 e. The van der Waals surface area contributed by atoms with Gasteiger partial charge >= 0.3 is 0 Å². The lowest BCUT2D eigenvalue weighted by Gasteiger charge is -2.28. The highest BCUT2D eigenvalue weighted by Crippen LogP contribution is 2.23. The molecule has 3 atom stereocenters. The summed E-state index contributed by atoms with van der Waals surface area (Å²) >= 11 is 0. The summed E-state index contributed by atoms with van der Waals surface area (Å²) in [4.78, 5) is 4.62. The largest absolute Gasteiger partial charge is 0.357 e. The quantitative estimate of drug-likeness (QED) is 0.358. The fraction of sp³-hybridized carbons (Fsp3) is 0.632. The van der Waals surface area contributed by atoms with Gasteiger partial charge in [0.2, 0.25) is 0 Å². The fourth-order valence-corrected chi connectivity index (χ4v) is 4.17. The topological polar surface area (TPSA) is 53.5 Å². The van der Waals surface area contributed by atoms with Gasteiger partial charge in [0, 0.05) is 34.9 Å². The molecule has 1 aromatic carbocycles. The lowest BCUT2D eigenvalue weighted by Crippen LogP contribution is -2.45. The maximum atomic E-state index is 12.2. The second kappa shape index (κ2) is 12.7. The van der Waals surface area contributed by atoms with Crippen molar-refractivity contribution < 1.29 is 4.21 Å². The van der Waals surface area contributed by atoms with Gasteiger partial charge < -0.3 is 10.6 Å². The van der Waals surface area contributed by atoms with Crippen LogP contribution >= 0.6 is 24.0 Å². The molecule has 0 saturated heterocycles. The number of aliphatic imine (C=N–C) groups is 1. The molecule has 142 valence electrons. The molecule has 0 bridgehead atoms. The van der Waals surface area contributed by atoms with E-state index in [1.807, 2.05) is 30.3 Å². The number of guanidine groups is 1. The Morgan fingerprint density at radius 2 is 2.04 bits per heavy atom. The molecule has 25 heavy (non-hydrogen) atoms. The van der Waals surface area contributed by atoms with Gasteiger partial charge in [-0.15, -0.1) is 24.0 Å². The van der Waals surface area contributed by atoms with Crippen LogP contribution in [0.4, 0.5) is 0 Å². The van der Waals surface area contributed by atoms with E-state index in [0.717, 1.165) is 24.0 Å². The third-order valence-corrected chi connectivity index (χ3v) is 5.67. The molecule has 6 heteroatoms. The zero-order chi connectivity index (χ0) is 17.2. The summed E-state index contributed by atoms with van der Waals surface area (Å²) in [6.07, 6.45) is 5.06. The van der Waals surface area contributed by atoms with E-state index >= 15 is 0 Å². The van der Waals surface area contributed by atoms with Crippen molar-refractivity contribution in [2.24, 2.45) is 10.9 Å². The number of hydrogen-bond donors (Lipinski definition) is 2. The summed E-state index contributed by atoms with van der Waals surface area (Å²) in [6.45, 7) is 5.84. The van der Waals surface area contributed by atoms with Crippen LogP contribution in [-0.4, -0.2) is 35.1 Å². The SMILES string of the molecule is CCNC(=NCCS(=O)Cc1ccccc1)NC1CCCC(C)C1.I. The van der Waals surface area contributed by atoms with Crippen molar-refractivity contribution in [3.05, 3.63) is 35.9 Å². The minimum Gasteiger partial charge on any atom is -0.357 e. The molecule has 0 amide bonds. The highest BCUT2D eigenvalue weighted by Gasteiger charge is 2.19. The van der Waals surface area contributed by atoms with Crippen LogP contribution < -0.4 is 10.6 Å². The number of hydrogen-bond acceptors (Lipinski definition) is 2. The number of nitrogens with one attached hydrogen (secondary N) is 2. The van der Waals surface area contributed by atoms with Crippen molar-refractivity contribution in [2.45, 2.75) is 51.3 Å². The Labute approximate surface area is 172 Å². The molecule has 0 heterocycles. The van der Waals surface area contributed by atoms with Crippen LogP contribution in [0.15, 0.2) is 35.3 Å². The van der Waals surface area contributed by atoms with Gasteiger partial charge in [0.25, 0.3) is 0 Å². The van der Waals surface area contributed by atoms with Crippen molar-refractivity contribution in [3.63, 3.8) is 0 Å². The molecule has 4 nitrogen and oxygen atoms in total. The van der Waals surface area contributed by atoms with Crippen LogP contribution in [0.3, 0.4) is 0 Å². The monoisotopic (exact) mass is 477 g/mol. The van der Waals surface area contributed by atoms with Gasteiger partial charge in [-0.25, -0.2) is 0 Å². The van der Waals surface area contributed by atoms with E-state index in [4.69, 9.17) is 0 Å². The van der Waals surface area contributed by atoms with Gasteiger partial charge in [-0.1, -0.05) is 50.1 Å². The van der Waals surface area contributed by atoms with Gasteiger partial charge in [-0.05, 0) is 31.2 Å². The highest BCUT2D eigenvalue weighted by molar-refractivity contribution is 14.0. The van der Waals surface area contributed by atoms with E-state index in [1.165, 1.54) is 25.7 Å². The molecular weight excluding hydrogens is 445 g/mol. The molecule has 0 spiro atoms. The molecule has 0 aromatic heterocycles. The normalized spacial score (nSPS) is 21.9. The van der Waals surface area contributed by atoms with Crippen LogP contribution in [0, 0.1) is 5.92 Å². The van der Waals surface area contributed by atoms with Crippen LogP contribution in [-0.2, 0) is 16.6 Å². The zero-order valence-electron chi connectivity index (χ0n) is 15.4. The first-order valence-electron chi connectivity index (χ1n) is 9.11. The Morgan fingerprint density at radius 3 is 2.72 bits per heavy atom. The maximum absolute atomic E-state index is 12.2. The lowest BCUT2D eigenvalue weighted by atomic mass is 9.87. The summed E-state index contributed by atoms with van der Waals surface area (Å²) in [6, 6.07) is 10.5. The average Bonchev–Trinajstić information content (AvgIpc) is 2.56. The minimum absolute atomic E-state index is 0. The number of rotatable bonds is 7. The van der Waals surface area contributed by atoms with Crippen molar-refractivity contribution >= 4 is 40.7 Å². The number of benzene rings is 1. The first-order valence-corrected chi connectivity index (χ1v) is 10.6. The number of nitrogens with zero attached hydrogens (tertiary/aromatic N) is 1. The summed E-state index contributed by atoms with van der Waals surface area (Å²) in [5, 5.41) is 6.86. The predicted molar refractivity (Wildman–Crippen MR) is 119 cm³/mol. The maximum Gasteiger partial charge on any atom is 0.191 e. The molecule has 1 saturated carbocycles. The third-order valence-electron chi connectivity index (χ3n) is 4.38. The Morgan fingerprint density at radius 1 is 1.28 bits per heavy atom. The van der Waals surface area contributed by atoms with E-state index in [9.17, 15) is 4.21 Å². The molecule has 2 rings (SSSR count). The Balaban J connectivity index is 0.00000312. The van der Waals surface area contributed by atoms with E-state index in [-0.39, 0.29) is 24.0 Å². The van der Waals surface area contributed by atoms with Crippen LogP contribution in [0.1, 0.15) is 45.1 Å². The second-order valence-corrected chi connectivity index (χ2v) is 8.22. The van der Waals surface area contributed by atoms with Gasteiger partial charge in [0.15, 0.2) is 5.96 Å². The minimum atomic E-state index is -0.866. The Kier molecular flexibility index (Phi) is 11.4. The lowest BCUT2D eigenvalue weighted by molar-refractivity contribution is 0.324. The molecular formula is C19H32IN3OS. The van der Waals surface area contributed by atoms with Gasteiger partial charge in [0.05, 0.1) is 6.54 Å². The van der Waals surface area contributed by atoms with E-state index in [2.05, 4.69) is 29.5 Å². The Bertz CT molecular complexity index is 539. The molecule has 2 N–H and O–H groups in total. The van der Waals surface area contributed by atoms with Crippen molar-refractivity contribution in [3.8, 4) is 0 Å². The zero-order valence-corrected chi connectivity index (χ0v) is 18.5. The summed E-state index contributed by atoms with van der Waals surface area (Å²) in [7, 11) is -0.866. The van der Waals surface area contributed by atoms with Crippen molar-refractivity contribution in [1.82, 2.24) is 10.6 Å². The molecule has 1 fully saturated rings. The molecule has 3 unspecified atom stereocenters. The first kappa shape index (κ1) is 22.4. The summed E-state index contributed by atoms with van der Waals surface area (Å²) < 4.78 is 12.2.